The second-order valence-corrected chi connectivity index (χ2v) is 8.87. The third-order valence-corrected chi connectivity index (χ3v) is 7.30. The van der Waals surface area contributed by atoms with E-state index in [0.717, 1.165) is 25.7 Å². The summed E-state index contributed by atoms with van der Waals surface area (Å²) in [5.41, 5.74) is 2.57. The second kappa shape index (κ2) is 6.71. The number of nitrogens with one attached hydrogen (secondary N) is 1. The van der Waals surface area contributed by atoms with Crippen molar-refractivity contribution >= 4 is 22.4 Å². The molecule has 2 fully saturated rings. The molecule has 2 saturated heterocycles. The molecule has 2 heterocycles. The van der Waals surface area contributed by atoms with Crippen molar-refractivity contribution in [1.82, 2.24) is 9.62 Å². The average Bonchev–Trinajstić information content (AvgIpc) is 2.85. The molecule has 3 aliphatic rings. The van der Waals surface area contributed by atoms with E-state index in [1.807, 2.05) is 18.2 Å². The van der Waals surface area contributed by atoms with Crippen molar-refractivity contribution in [3.05, 3.63) is 29.3 Å². The molecule has 1 N–H and O–H groups in total. The number of nitrogens with zero attached hydrogens (tertiary/aromatic N) is 1. The van der Waals surface area contributed by atoms with Gasteiger partial charge < -0.3 is 5.32 Å². The van der Waals surface area contributed by atoms with E-state index < -0.39 is 10.0 Å². The molecule has 0 spiro atoms. The monoisotopic (exact) mass is 356 g/mol. The predicted octanol–water partition coefficient (Wildman–Crippen LogP) is 2.50. The van der Waals surface area contributed by atoms with Crippen LogP contribution in [0.1, 0.15) is 43.2 Å². The van der Waals surface area contributed by atoms with E-state index in [2.05, 4.69) is 5.32 Å². The highest BCUT2D eigenvalue weighted by Gasteiger charge is 2.35. The van der Waals surface area contributed by atoms with Crippen molar-refractivity contribution in [3.8, 4) is 0 Å². The lowest BCUT2D eigenvalue weighted by Gasteiger charge is -2.24. The molecule has 1 aliphatic carbocycles. The highest BCUT2D eigenvalue weighted by Crippen LogP contribution is 2.28. The summed E-state index contributed by atoms with van der Waals surface area (Å²) >= 11 is 0. The second-order valence-electron chi connectivity index (χ2n) is 6.93. The van der Waals surface area contributed by atoms with Crippen LogP contribution in [0.4, 0.5) is 0 Å². The zero-order valence-electron chi connectivity index (χ0n) is 13.3. The molecule has 2 atom stereocenters. The fourth-order valence-corrected chi connectivity index (χ4v) is 5.70. The minimum Gasteiger partial charge on any atom is -0.310 e. The molecule has 0 saturated carbocycles. The lowest BCUT2D eigenvalue weighted by molar-refractivity contribution is 0.383. The Kier molecular flexibility index (Phi) is 5.02. The fraction of sp³-hybridized carbons (Fsp3) is 0.647. The van der Waals surface area contributed by atoms with Crippen LogP contribution in [0.15, 0.2) is 23.1 Å². The van der Waals surface area contributed by atoms with E-state index in [1.54, 1.807) is 4.31 Å². The van der Waals surface area contributed by atoms with Crippen LogP contribution in [0.3, 0.4) is 0 Å². The minimum atomic E-state index is -3.35. The van der Waals surface area contributed by atoms with Crippen LogP contribution in [-0.4, -0.2) is 37.9 Å². The zero-order chi connectivity index (χ0) is 15.2. The van der Waals surface area contributed by atoms with Gasteiger partial charge in [0.15, 0.2) is 0 Å². The van der Waals surface area contributed by atoms with Gasteiger partial charge in [0.05, 0.1) is 4.90 Å². The number of hydrogen-bond donors (Lipinski definition) is 1. The highest BCUT2D eigenvalue weighted by atomic mass is 35.5. The van der Waals surface area contributed by atoms with Gasteiger partial charge in [0.2, 0.25) is 10.0 Å². The first-order chi connectivity index (χ1) is 10.6. The van der Waals surface area contributed by atoms with E-state index in [0.29, 0.717) is 30.1 Å². The van der Waals surface area contributed by atoms with Crippen molar-refractivity contribution in [3.63, 3.8) is 0 Å². The van der Waals surface area contributed by atoms with Gasteiger partial charge in [-0.3, -0.25) is 0 Å². The Morgan fingerprint density at radius 2 is 1.74 bits per heavy atom. The van der Waals surface area contributed by atoms with Crippen LogP contribution in [0, 0.1) is 0 Å². The Balaban J connectivity index is 0.00000156. The van der Waals surface area contributed by atoms with E-state index >= 15 is 0 Å². The minimum absolute atomic E-state index is 0. The van der Waals surface area contributed by atoms with E-state index in [1.165, 1.54) is 30.4 Å². The van der Waals surface area contributed by atoms with Crippen LogP contribution in [-0.2, 0) is 22.9 Å². The SMILES string of the molecule is Cl.O=S(=O)(c1ccc2c(c1)CCCC2)N1CCC2CCC(C1)N2. The molecular formula is C17H25ClN2O2S. The highest BCUT2D eigenvalue weighted by molar-refractivity contribution is 7.89. The molecule has 6 heteroatoms. The third kappa shape index (κ3) is 3.29. The first kappa shape index (κ1) is 17.2. The molecule has 128 valence electrons. The Bertz CT molecular complexity index is 677. The van der Waals surface area contributed by atoms with E-state index in [-0.39, 0.29) is 12.4 Å². The number of rotatable bonds is 2. The summed E-state index contributed by atoms with van der Waals surface area (Å²) in [6.45, 7) is 1.27. The van der Waals surface area contributed by atoms with Crippen molar-refractivity contribution < 1.29 is 8.42 Å². The van der Waals surface area contributed by atoms with Crippen molar-refractivity contribution in [2.24, 2.45) is 0 Å². The van der Waals surface area contributed by atoms with Crippen molar-refractivity contribution in [2.45, 2.75) is 61.9 Å². The molecule has 2 unspecified atom stereocenters. The molecule has 4 rings (SSSR count). The largest absolute Gasteiger partial charge is 0.310 e. The first-order valence-electron chi connectivity index (χ1n) is 8.51. The van der Waals surface area contributed by atoms with Gasteiger partial charge in [-0.25, -0.2) is 8.42 Å². The van der Waals surface area contributed by atoms with E-state index in [4.69, 9.17) is 0 Å². The fourth-order valence-electron chi connectivity index (χ4n) is 4.15. The summed E-state index contributed by atoms with van der Waals surface area (Å²) in [4.78, 5) is 0.492. The molecule has 2 aliphatic heterocycles. The maximum Gasteiger partial charge on any atom is 0.243 e. The number of hydrogen-bond acceptors (Lipinski definition) is 3. The number of aryl methyl sites for hydroxylation is 2. The summed E-state index contributed by atoms with van der Waals surface area (Å²) in [5.74, 6) is 0. The molecule has 4 nitrogen and oxygen atoms in total. The van der Waals surface area contributed by atoms with Gasteiger partial charge in [-0.1, -0.05) is 6.07 Å². The van der Waals surface area contributed by atoms with Crippen LogP contribution < -0.4 is 5.32 Å². The summed E-state index contributed by atoms with van der Waals surface area (Å²) in [7, 11) is -3.35. The Labute approximate surface area is 145 Å². The van der Waals surface area contributed by atoms with Gasteiger partial charge >= 0.3 is 0 Å². The zero-order valence-corrected chi connectivity index (χ0v) is 15.0. The standard InChI is InChI=1S/C17H24N2O2S.ClH/c20-22(21,19-10-9-15-6-7-16(12-19)18-15)17-8-5-13-3-1-2-4-14(13)11-17;/h5,8,11,15-16,18H,1-4,6-7,9-10,12H2;1H. The van der Waals surface area contributed by atoms with Crippen molar-refractivity contribution in [1.29, 1.82) is 0 Å². The Morgan fingerprint density at radius 1 is 1.00 bits per heavy atom. The quantitative estimate of drug-likeness (QED) is 0.885. The normalized spacial score (nSPS) is 27.8. The maximum atomic E-state index is 13.0. The summed E-state index contributed by atoms with van der Waals surface area (Å²) in [5, 5.41) is 3.55. The molecular weight excluding hydrogens is 332 g/mol. The molecule has 2 bridgehead atoms. The smallest absolute Gasteiger partial charge is 0.243 e. The first-order valence-corrected chi connectivity index (χ1v) is 9.95. The van der Waals surface area contributed by atoms with Gasteiger partial charge in [-0.05, 0) is 68.2 Å². The third-order valence-electron chi connectivity index (χ3n) is 5.44. The Hall–Kier alpha value is -0.620. The maximum absolute atomic E-state index is 13.0. The topological polar surface area (TPSA) is 49.4 Å². The van der Waals surface area contributed by atoms with Crippen LogP contribution in [0.25, 0.3) is 0 Å². The molecule has 0 aromatic heterocycles. The molecule has 1 aromatic carbocycles. The lowest BCUT2D eigenvalue weighted by atomic mass is 9.92. The molecule has 0 amide bonds. The van der Waals surface area contributed by atoms with Gasteiger partial charge in [0.1, 0.15) is 0 Å². The van der Waals surface area contributed by atoms with E-state index in [9.17, 15) is 8.42 Å². The van der Waals surface area contributed by atoms with Gasteiger partial charge in [-0.15, -0.1) is 12.4 Å². The average molecular weight is 357 g/mol. The summed E-state index contributed by atoms with van der Waals surface area (Å²) in [6.07, 6.45) is 7.73. The Morgan fingerprint density at radius 3 is 2.57 bits per heavy atom. The van der Waals surface area contributed by atoms with Crippen LogP contribution in [0.5, 0.6) is 0 Å². The summed E-state index contributed by atoms with van der Waals surface area (Å²) < 4.78 is 27.7. The van der Waals surface area contributed by atoms with Crippen LogP contribution in [0.2, 0.25) is 0 Å². The van der Waals surface area contributed by atoms with Crippen LogP contribution >= 0.6 is 12.4 Å². The van der Waals surface area contributed by atoms with Crippen molar-refractivity contribution in [2.75, 3.05) is 13.1 Å². The molecule has 0 radical (unpaired) electrons. The van der Waals surface area contributed by atoms with Gasteiger partial charge in [0.25, 0.3) is 0 Å². The molecule has 1 aromatic rings. The van der Waals surface area contributed by atoms with Gasteiger partial charge in [0, 0.05) is 25.2 Å². The number of benzene rings is 1. The summed E-state index contributed by atoms with van der Waals surface area (Å²) in [6, 6.07) is 6.62. The van der Waals surface area contributed by atoms with Gasteiger partial charge in [-0.2, -0.15) is 4.31 Å². The lowest BCUT2D eigenvalue weighted by Crippen LogP contribution is -2.39. The number of fused-ring (bicyclic) bond motifs is 3. The number of halogens is 1. The predicted molar refractivity (Wildman–Crippen MR) is 93.7 cm³/mol. The number of sulfonamides is 1. The molecule has 23 heavy (non-hydrogen) atoms.